The Balaban J connectivity index is 1.63. The quantitative estimate of drug-likeness (QED) is 0.646. The third kappa shape index (κ3) is 4.22. The number of rotatable bonds is 6. The van der Waals surface area contributed by atoms with Crippen LogP contribution in [0.4, 0.5) is 0 Å². The topological polar surface area (TPSA) is 55.1 Å². The van der Waals surface area contributed by atoms with Crippen molar-refractivity contribution in [3.8, 4) is 10.8 Å². The van der Waals surface area contributed by atoms with Crippen molar-refractivity contribution >= 4 is 17.2 Å². The predicted molar refractivity (Wildman–Crippen MR) is 105 cm³/mol. The molecule has 0 saturated carbocycles. The maximum atomic E-state index is 12.4. The summed E-state index contributed by atoms with van der Waals surface area (Å²) in [6.45, 7) is 8.19. The monoisotopic (exact) mass is 368 g/mol. The van der Waals surface area contributed by atoms with Crippen molar-refractivity contribution in [3.63, 3.8) is 0 Å². The molecule has 0 aliphatic rings. The van der Waals surface area contributed by atoms with Crippen molar-refractivity contribution in [3.05, 3.63) is 64.4 Å². The molecule has 1 aromatic carbocycles. The van der Waals surface area contributed by atoms with Gasteiger partial charge in [-0.15, -0.1) is 11.3 Å². The van der Waals surface area contributed by atoms with Gasteiger partial charge in [-0.25, -0.2) is 4.98 Å². The lowest BCUT2D eigenvalue weighted by Crippen LogP contribution is -2.28. The van der Waals surface area contributed by atoms with Gasteiger partial charge in [-0.05, 0) is 42.3 Å². The van der Waals surface area contributed by atoms with Crippen LogP contribution in [0.2, 0.25) is 0 Å². The molecule has 26 heavy (non-hydrogen) atoms. The minimum Gasteiger partial charge on any atom is -0.440 e. The summed E-state index contributed by atoms with van der Waals surface area (Å²) in [5, 5.41) is 5.03. The number of carbonyl (C=O) groups excluding carboxylic acids is 1. The zero-order valence-corrected chi connectivity index (χ0v) is 16.4. The van der Waals surface area contributed by atoms with E-state index < -0.39 is 0 Å². The molecule has 1 unspecified atom stereocenters. The van der Waals surface area contributed by atoms with E-state index in [1.54, 1.807) is 11.3 Å². The summed E-state index contributed by atoms with van der Waals surface area (Å²) in [6.07, 6.45) is 0.217. The largest absolute Gasteiger partial charge is 0.440 e. The molecule has 0 aliphatic carbocycles. The normalized spacial score (nSPS) is 12.3. The minimum atomic E-state index is -0.0560. The number of thiophene rings is 1. The Morgan fingerprint density at radius 1 is 1.15 bits per heavy atom. The van der Waals surface area contributed by atoms with Crippen LogP contribution in [0.3, 0.4) is 0 Å². The van der Waals surface area contributed by atoms with Gasteiger partial charge in [0.2, 0.25) is 11.8 Å². The van der Waals surface area contributed by atoms with Crippen LogP contribution in [0.1, 0.15) is 55.3 Å². The minimum absolute atomic E-state index is 0.0484. The maximum Gasteiger partial charge on any atom is 0.236 e. The second-order valence-electron chi connectivity index (χ2n) is 6.79. The molecule has 1 N–H and O–H groups in total. The molecule has 1 atom stereocenters. The number of nitrogens with one attached hydrogen (secondary N) is 1. The van der Waals surface area contributed by atoms with E-state index in [0.29, 0.717) is 23.3 Å². The van der Waals surface area contributed by atoms with E-state index in [4.69, 9.17) is 4.42 Å². The number of aryl methyl sites for hydroxylation is 1. The van der Waals surface area contributed by atoms with Crippen molar-refractivity contribution in [2.24, 2.45) is 0 Å². The van der Waals surface area contributed by atoms with Crippen LogP contribution in [0.15, 0.2) is 46.2 Å². The Hall–Kier alpha value is -2.40. The molecule has 1 amide bonds. The number of amides is 1. The fraction of sp³-hybridized carbons (Fsp3) is 0.333. The van der Waals surface area contributed by atoms with Gasteiger partial charge >= 0.3 is 0 Å². The van der Waals surface area contributed by atoms with Gasteiger partial charge in [0.15, 0.2) is 0 Å². The average molecular weight is 369 g/mol. The summed E-state index contributed by atoms with van der Waals surface area (Å²) in [5.74, 6) is 1.72. The van der Waals surface area contributed by atoms with Crippen LogP contribution in [0, 0.1) is 6.92 Å². The fourth-order valence-electron chi connectivity index (χ4n) is 2.80. The summed E-state index contributed by atoms with van der Waals surface area (Å²) in [6, 6.07) is 12.3. The van der Waals surface area contributed by atoms with E-state index in [1.807, 2.05) is 31.4 Å². The first kappa shape index (κ1) is 18.4. The van der Waals surface area contributed by atoms with Gasteiger partial charge in [0.25, 0.3) is 0 Å². The van der Waals surface area contributed by atoms with Gasteiger partial charge in [-0.1, -0.05) is 44.2 Å². The fourth-order valence-corrected chi connectivity index (χ4v) is 3.44. The first-order valence-electron chi connectivity index (χ1n) is 8.83. The molecule has 0 bridgehead atoms. The lowest BCUT2D eigenvalue weighted by Gasteiger charge is -2.15. The third-order valence-electron chi connectivity index (χ3n) is 4.43. The highest BCUT2D eigenvalue weighted by molar-refractivity contribution is 7.13. The zero-order valence-electron chi connectivity index (χ0n) is 15.6. The number of benzene rings is 1. The highest BCUT2D eigenvalue weighted by Crippen LogP contribution is 2.26. The lowest BCUT2D eigenvalue weighted by molar-refractivity contribution is -0.121. The third-order valence-corrected chi connectivity index (χ3v) is 5.29. The summed E-state index contributed by atoms with van der Waals surface area (Å²) >= 11 is 1.57. The molecule has 3 aromatic rings. The zero-order chi connectivity index (χ0) is 18.7. The summed E-state index contributed by atoms with van der Waals surface area (Å²) in [4.78, 5) is 17.9. The van der Waals surface area contributed by atoms with E-state index >= 15 is 0 Å². The van der Waals surface area contributed by atoms with E-state index in [2.05, 4.69) is 48.4 Å². The van der Waals surface area contributed by atoms with Crippen LogP contribution >= 0.6 is 11.3 Å². The first-order chi connectivity index (χ1) is 12.4. The molecule has 2 aromatic heterocycles. The van der Waals surface area contributed by atoms with Crippen molar-refractivity contribution in [1.82, 2.24) is 10.3 Å². The predicted octanol–water partition coefficient (Wildman–Crippen LogP) is 5.25. The Morgan fingerprint density at radius 3 is 2.46 bits per heavy atom. The molecule has 2 heterocycles. The maximum absolute atomic E-state index is 12.4. The molecular weight excluding hydrogens is 344 g/mol. The Labute approximate surface area is 158 Å². The SMILES string of the molecule is Cc1oc(-c2cccs2)nc1CC(=O)NC(C)c1ccc(C(C)C)cc1. The van der Waals surface area contributed by atoms with Gasteiger partial charge in [-0.3, -0.25) is 4.79 Å². The standard InChI is InChI=1S/C21H24N2O2S/c1-13(2)16-7-9-17(10-8-16)14(3)22-20(24)12-18-15(4)25-21(23-18)19-6-5-11-26-19/h5-11,13-14H,12H2,1-4H3,(H,22,24). The summed E-state index contributed by atoms with van der Waals surface area (Å²) < 4.78 is 5.70. The molecule has 0 spiro atoms. The van der Waals surface area contributed by atoms with Crippen LogP contribution in [0.5, 0.6) is 0 Å². The number of carbonyl (C=O) groups is 1. The molecular formula is C21H24N2O2S. The molecule has 0 aliphatic heterocycles. The Bertz CT molecular complexity index is 864. The van der Waals surface area contributed by atoms with Gasteiger partial charge in [0, 0.05) is 0 Å². The van der Waals surface area contributed by atoms with E-state index in [0.717, 1.165) is 10.4 Å². The molecule has 0 radical (unpaired) electrons. The van der Waals surface area contributed by atoms with E-state index in [1.165, 1.54) is 5.56 Å². The number of nitrogens with zero attached hydrogens (tertiary/aromatic N) is 1. The summed E-state index contributed by atoms with van der Waals surface area (Å²) in [5.41, 5.74) is 3.08. The molecule has 3 rings (SSSR count). The Kier molecular flexibility index (Phi) is 5.57. The van der Waals surface area contributed by atoms with Gasteiger partial charge in [0.1, 0.15) is 5.76 Å². The molecule has 5 heteroatoms. The van der Waals surface area contributed by atoms with Crippen LogP contribution in [-0.4, -0.2) is 10.9 Å². The van der Waals surface area contributed by atoms with E-state index in [-0.39, 0.29) is 18.4 Å². The van der Waals surface area contributed by atoms with Crippen molar-refractivity contribution in [1.29, 1.82) is 0 Å². The van der Waals surface area contributed by atoms with Crippen LogP contribution in [0.25, 0.3) is 10.8 Å². The van der Waals surface area contributed by atoms with Crippen molar-refractivity contribution in [2.45, 2.75) is 46.1 Å². The molecule has 136 valence electrons. The molecule has 4 nitrogen and oxygen atoms in total. The van der Waals surface area contributed by atoms with Crippen molar-refractivity contribution < 1.29 is 9.21 Å². The smallest absolute Gasteiger partial charge is 0.236 e. The van der Waals surface area contributed by atoms with Gasteiger partial charge in [0.05, 0.1) is 23.0 Å². The Morgan fingerprint density at radius 2 is 1.85 bits per heavy atom. The molecule has 0 fully saturated rings. The van der Waals surface area contributed by atoms with Gasteiger partial charge < -0.3 is 9.73 Å². The van der Waals surface area contributed by atoms with Gasteiger partial charge in [-0.2, -0.15) is 0 Å². The second-order valence-corrected chi connectivity index (χ2v) is 7.73. The number of oxazole rings is 1. The number of aromatic nitrogens is 1. The van der Waals surface area contributed by atoms with Crippen LogP contribution < -0.4 is 5.32 Å². The second kappa shape index (κ2) is 7.87. The summed E-state index contributed by atoms with van der Waals surface area (Å²) in [7, 11) is 0. The number of hydrogen-bond acceptors (Lipinski definition) is 4. The molecule has 0 saturated heterocycles. The van der Waals surface area contributed by atoms with Crippen LogP contribution in [-0.2, 0) is 11.2 Å². The average Bonchev–Trinajstić information content (AvgIpc) is 3.25. The number of hydrogen-bond donors (Lipinski definition) is 1. The highest BCUT2D eigenvalue weighted by atomic mass is 32.1. The first-order valence-corrected chi connectivity index (χ1v) is 9.71. The highest BCUT2D eigenvalue weighted by Gasteiger charge is 2.17. The van der Waals surface area contributed by atoms with E-state index in [9.17, 15) is 4.79 Å². The van der Waals surface area contributed by atoms with Crippen molar-refractivity contribution in [2.75, 3.05) is 0 Å². The lowest BCUT2D eigenvalue weighted by atomic mass is 9.99.